The molecule has 3 rings (SSSR count). The highest BCUT2D eigenvalue weighted by Gasteiger charge is 2.11. The molecule has 1 atom stereocenters. The van der Waals surface area contributed by atoms with Gasteiger partial charge in [0.15, 0.2) is 11.8 Å². The molecule has 0 aliphatic carbocycles. The summed E-state index contributed by atoms with van der Waals surface area (Å²) in [7, 11) is 1.63. The number of methoxy groups -OCH3 is 1. The van der Waals surface area contributed by atoms with Crippen molar-refractivity contribution in [2.45, 2.75) is 33.4 Å². The third kappa shape index (κ3) is 6.65. The summed E-state index contributed by atoms with van der Waals surface area (Å²) in [6.45, 7) is 6.74. The Morgan fingerprint density at radius 2 is 1.97 bits per heavy atom. The summed E-state index contributed by atoms with van der Waals surface area (Å²) in [6, 6.07) is 12.7. The van der Waals surface area contributed by atoms with Crippen molar-refractivity contribution < 1.29 is 9.13 Å². The van der Waals surface area contributed by atoms with E-state index in [9.17, 15) is 4.39 Å². The molecule has 1 aromatic heterocycles. The highest BCUT2D eigenvalue weighted by molar-refractivity contribution is 14.0. The van der Waals surface area contributed by atoms with Gasteiger partial charge in [-0.25, -0.2) is 14.4 Å². The number of nitrogens with zero attached hydrogens (tertiary/aromatic N) is 3. The van der Waals surface area contributed by atoms with Crippen LogP contribution in [0.1, 0.15) is 36.8 Å². The van der Waals surface area contributed by atoms with Crippen LogP contribution in [0.2, 0.25) is 0 Å². The van der Waals surface area contributed by atoms with E-state index in [2.05, 4.69) is 30.8 Å². The summed E-state index contributed by atoms with van der Waals surface area (Å²) in [4.78, 5) is 9.08. The summed E-state index contributed by atoms with van der Waals surface area (Å²) in [5, 5.41) is 13.7. The van der Waals surface area contributed by atoms with E-state index >= 15 is 0 Å². The van der Waals surface area contributed by atoms with Crippen LogP contribution in [-0.2, 0) is 6.54 Å². The second-order valence-electron chi connectivity index (χ2n) is 6.90. The van der Waals surface area contributed by atoms with E-state index in [0.29, 0.717) is 36.3 Å². The van der Waals surface area contributed by atoms with Crippen LogP contribution in [0, 0.1) is 12.7 Å². The number of benzene rings is 2. The van der Waals surface area contributed by atoms with Gasteiger partial charge in [-0.2, -0.15) is 5.10 Å². The molecule has 0 amide bonds. The number of hydrogen-bond donors (Lipinski definition) is 3. The van der Waals surface area contributed by atoms with E-state index < -0.39 is 0 Å². The average molecular weight is 538 g/mol. The Kier molecular flexibility index (Phi) is 9.22. The van der Waals surface area contributed by atoms with Crippen LogP contribution in [0.4, 0.5) is 4.39 Å². The van der Waals surface area contributed by atoms with Crippen molar-refractivity contribution in [1.29, 1.82) is 0 Å². The molecule has 2 aromatic carbocycles. The van der Waals surface area contributed by atoms with Crippen LogP contribution >= 0.6 is 24.0 Å². The molecule has 1 heterocycles. The maximum Gasteiger partial charge on any atom is 0.192 e. The van der Waals surface area contributed by atoms with Gasteiger partial charge in [0.1, 0.15) is 23.9 Å². The molecule has 31 heavy (non-hydrogen) atoms. The number of halogens is 2. The van der Waals surface area contributed by atoms with Gasteiger partial charge >= 0.3 is 0 Å². The fourth-order valence-electron chi connectivity index (χ4n) is 2.88. The van der Waals surface area contributed by atoms with Crippen LogP contribution in [0.25, 0.3) is 11.4 Å². The van der Waals surface area contributed by atoms with E-state index in [4.69, 9.17) is 4.74 Å². The molecule has 0 saturated heterocycles. The number of aromatic nitrogens is 3. The monoisotopic (exact) mass is 538 g/mol. The van der Waals surface area contributed by atoms with Gasteiger partial charge in [-0.05, 0) is 62.2 Å². The number of hydrogen-bond acceptors (Lipinski definition) is 4. The van der Waals surface area contributed by atoms with Gasteiger partial charge in [-0.1, -0.05) is 12.1 Å². The van der Waals surface area contributed by atoms with Crippen molar-refractivity contribution in [3.05, 3.63) is 65.2 Å². The fraction of sp³-hybridized carbons (Fsp3) is 0.318. The second kappa shape index (κ2) is 11.6. The molecule has 1 unspecified atom stereocenters. The Morgan fingerprint density at radius 3 is 2.61 bits per heavy atom. The number of aryl methyl sites for hydroxylation is 1. The van der Waals surface area contributed by atoms with Crippen molar-refractivity contribution in [2.24, 2.45) is 4.99 Å². The van der Waals surface area contributed by atoms with Gasteiger partial charge in [0, 0.05) is 12.1 Å². The maximum absolute atomic E-state index is 13.9. The van der Waals surface area contributed by atoms with E-state index in [1.54, 1.807) is 26.2 Å². The van der Waals surface area contributed by atoms with Crippen LogP contribution in [-0.4, -0.2) is 34.8 Å². The van der Waals surface area contributed by atoms with Crippen molar-refractivity contribution in [2.75, 3.05) is 13.7 Å². The van der Waals surface area contributed by atoms with Gasteiger partial charge in [-0.15, -0.1) is 24.0 Å². The van der Waals surface area contributed by atoms with Gasteiger partial charge < -0.3 is 15.4 Å². The largest absolute Gasteiger partial charge is 0.497 e. The number of aromatic amines is 1. The molecule has 3 N–H and O–H groups in total. The quantitative estimate of drug-likeness (QED) is 0.237. The Bertz CT molecular complexity index is 1010. The maximum atomic E-state index is 13.9. The van der Waals surface area contributed by atoms with E-state index in [1.165, 1.54) is 0 Å². The number of H-pyrrole nitrogens is 1. The topological polar surface area (TPSA) is 87.2 Å². The SMILES string of the molecule is CCNC(=NCc1nc(-c2ccc(OC)cc2)n[nH]1)NC(C)c1ccc(C)c(F)c1.I. The lowest BCUT2D eigenvalue weighted by Crippen LogP contribution is -2.38. The zero-order valence-electron chi connectivity index (χ0n) is 18.1. The highest BCUT2D eigenvalue weighted by atomic mass is 127. The number of aliphatic imine (C=N–C) groups is 1. The molecule has 0 spiro atoms. The molecule has 3 aromatic rings. The molecule has 7 nitrogen and oxygen atoms in total. The van der Waals surface area contributed by atoms with Crippen molar-refractivity contribution in [3.8, 4) is 17.1 Å². The molecule has 0 radical (unpaired) electrons. The minimum Gasteiger partial charge on any atom is -0.497 e. The Hall–Kier alpha value is -2.69. The Morgan fingerprint density at radius 1 is 1.23 bits per heavy atom. The second-order valence-corrected chi connectivity index (χ2v) is 6.90. The smallest absolute Gasteiger partial charge is 0.192 e. The van der Waals surface area contributed by atoms with E-state index in [-0.39, 0.29) is 35.8 Å². The molecule has 166 valence electrons. The van der Waals surface area contributed by atoms with Crippen molar-refractivity contribution in [1.82, 2.24) is 25.8 Å². The lowest BCUT2D eigenvalue weighted by molar-refractivity contribution is 0.415. The van der Waals surface area contributed by atoms with Crippen molar-refractivity contribution >= 4 is 29.9 Å². The van der Waals surface area contributed by atoms with Crippen LogP contribution in [0.5, 0.6) is 5.75 Å². The first-order valence-corrected chi connectivity index (χ1v) is 9.86. The summed E-state index contributed by atoms with van der Waals surface area (Å²) < 4.78 is 19.1. The number of ether oxygens (including phenoxy) is 1. The normalized spacial score (nSPS) is 12.1. The van der Waals surface area contributed by atoms with Gasteiger partial charge in [-0.3, -0.25) is 5.10 Å². The summed E-state index contributed by atoms with van der Waals surface area (Å²) in [6.07, 6.45) is 0. The first-order chi connectivity index (χ1) is 14.5. The summed E-state index contributed by atoms with van der Waals surface area (Å²) in [5.74, 6) is 2.43. The third-order valence-electron chi connectivity index (χ3n) is 4.66. The predicted molar refractivity (Wildman–Crippen MR) is 131 cm³/mol. The molecule has 0 saturated carbocycles. The molecule has 0 aliphatic rings. The van der Waals surface area contributed by atoms with Gasteiger partial charge in [0.05, 0.1) is 13.2 Å². The lowest BCUT2D eigenvalue weighted by Gasteiger charge is -2.18. The lowest BCUT2D eigenvalue weighted by atomic mass is 10.1. The molecule has 0 fully saturated rings. The van der Waals surface area contributed by atoms with Crippen molar-refractivity contribution in [3.63, 3.8) is 0 Å². The predicted octanol–water partition coefficient (Wildman–Crippen LogP) is 4.36. The first-order valence-electron chi connectivity index (χ1n) is 9.86. The molecule has 0 aliphatic heterocycles. The number of nitrogens with one attached hydrogen (secondary N) is 3. The fourth-order valence-corrected chi connectivity index (χ4v) is 2.88. The molecule has 0 bridgehead atoms. The number of guanidine groups is 1. The summed E-state index contributed by atoms with van der Waals surface area (Å²) >= 11 is 0. The minimum atomic E-state index is -0.212. The van der Waals surface area contributed by atoms with Gasteiger partial charge in [0.25, 0.3) is 0 Å². The first kappa shape index (κ1) is 24.6. The zero-order chi connectivity index (χ0) is 21.5. The zero-order valence-corrected chi connectivity index (χ0v) is 20.4. The average Bonchev–Trinajstić information content (AvgIpc) is 3.23. The van der Waals surface area contributed by atoms with Crippen LogP contribution < -0.4 is 15.4 Å². The van der Waals surface area contributed by atoms with Crippen LogP contribution in [0.15, 0.2) is 47.5 Å². The minimum absolute atomic E-state index is 0. The molecular weight excluding hydrogens is 510 g/mol. The number of rotatable bonds is 7. The van der Waals surface area contributed by atoms with E-state index in [0.717, 1.165) is 16.9 Å². The van der Waals surface area contributed by atoms with E-state index in [1.807, 2.05) is 44.2 Å². The molecule has 9 heteroatoms. The van der Waals surface area contributed by atoms with Gasteiger partial charge in [0.2, 0.25) is 0 Å². The standard InChI is InChI=1S/C22H27FN6O.HI/c1-5-24-22(26-15(3)17-7-6-14(2)19(23)12-17)25-13-20-27-21(29-28-20)16-8-10-18(30-4)11-9-16;/h6-12,15H,5,13H2,1-4H3,(H2,24,25,26)(H,27,28,29);1H. The summed E-state index contributed by atoms with van der Waals surface area (Å²) in [5.41, 5.74) is 2.37. The highest BCUT2D eigenvalue weighted by Crippen LogP contribution is 2.19. The Balaban J connectivity index is 0.00000341. The third-order valence-corrected chi connectivity index (χ3v) is 4.66. The van der Waals surface area contributed by atoms with Crippen LogP contribution in [0.3, 0.4) is 0 Å². The Labute approximate surface area is 198 Å². The molecular formula is C22H28FIN6O.